The van der Waals surface area contributed by atoms with Crippen LogP contribution in [0, 0.1) is 11.8 Å². The molecule has 0 saturated carbocycles. The highest BCUT2D eigenvalue weighted by Crippen LogP contribution is 2.14. The zero-order chi connectivity index (χ0) is 16.0. The third-order valence-corrected chi connectivity index (χ3v) is 4.77. The van der Waals surface area contributed by atoms with E-state index in [1.54, 1.807) is 24.3 Å². The monoisotopic (exact) mass is 377 g/mol. The predicted octanol–water partition coefficient (Wildman–Crippen LogP) is 2.62. The van der Waals surface area contributed by atoms with E-state index in [-0.39, 0.29) is 18.2 Å². The van der Waals surface area contributed by atoms with Crippen LogP contribution in [0.5, 0.6) is 0 Å². The molecule has 0 aliphatic rings. The summed E-state index contributed by atoms with van der Waals surface area (Å²) in [6.45, 7) is 3.74. The zero-order valence-electron chi connectivity index (χ0n) is 12.0. The molecule has 0 saturated heterocycles. The van der Waals surface area contributed by atoms with E-state index in [0.29, 0.717) is 12.0 Å². The fourth-order valence-electron chi connectivity index (χ4n) is 1.92. The van der Waals surface area contributed by atoms with Crippen molar-refractivity contribution < 1.29 is 18.3 Å². The van der Waals surface area contributed by atoms with Gasteiger partial charge in [-0.2, -0.15) is 0 Å². The number of halogens is 1. The summed E-state index contributed by atoms with van der Waals surface area (Å²) < 4.78 is 27.2. The van der Waals surface area contributed by atoms with Gasteiger partial charge in [0.25, 0.3) is 0 Å². The lowest BCUT2D eigenvalue weighted by molar-refractivity contribution is -0.142. The molecular weight excluding hydrogens is 358 g/mol. The molecular formula is C14H20BrNO4S. The SMILES string of the molecule is CC(C)CC(CNS(=O)(=O)Cc1ccc(Br)cc1)C(=O)O. The Balaban J connectivity index is 2.63. The number of benzene rings is 1. The molecule has 1 rings (SSSR count). The summed E-state index contributed by atoms with van der Waals surface area (Å²) in [6.07, 6.45) is 0.441. The Hall–Kier alpha value is -0.920. The van der Waals surface area contributed by atoms with Gasteiger partial charge in [-0.15, -0.1) is 0 Å². The number of hydrogen-bond donors (Lipinski definition) is 2. The highest BCUT2D eigenvalue weighted by Gasteiger charge is 2.21. The van der Waals surface area contributed by atoms with Gasteiger partial charge in [0.05, 0.1) is 11.7 Å². The normalized spacial score (nSPS) is 13.3. The van der Waals surface area contributed by atoms with E-state index in [1.807, 2.05) is 13.8 Å². The maximum atomic E-state index is 12.0. The van der Waals surface area contributed by atoms with Crippen molar-refractivity contribution >= 4 is 31.9 Å². The Morgan fingerprint density at radius 2 is 1.86 bits per heavy atom. The second-order valence-electron chi connectivity index (χ2n) is 5.40. The van der Waals surface area contributed by atoms with Crippen molar-refractivity contribution in [3.05, 3.63) is 34.3 Å². The van der Waals surface area contributed by atoms with Crippen LogP contribution in [0.1, 0.15) is 25.8 Å². The number of nitrogens with one attached hydrogen (secondary N) is 1. The highest BCUT2D eigenvalue weighted by atomic mass is 79.9. The molecule has 1 aromatic rings. The number of carboxylic acids is 1. The van der Waals surface area contributed by atoms with E-state index < -0.39 is 21.9 Å². The predicted molar refractivity (Wildman–Crippen MR) is 85.3 cm³/mol. The van der Waals surface area contributed by atoms with Crippen molar-refractivity contribution in [3.63, 3.8) is 0 Å². The number of carboxylic acid groups (broad SMARTS) is 1. The van der Waals surface area contributed by atoms with Gasteiger partial charge in [-0.05, 0) is 30.0 Å². The average molecular weight is 378 g/mol. The van der Waals surface area contributed by atoms with Gasteiger partial charge in [0.2, 0.25) is 10.0 Å². The third kappa shape index (κ3) is 7.06. The molecule has 0 bridgehead atoms. The quantitative estimate of drug-likeness (QED) is 0.729. The summed E-state index contributed by atoms with van der Waals surface area (Å²) >= 11 is 3.28. The number of hydrogen-bond acceptors (Lipinski definition) is 3. The summed E-state index contributed by atoms with van der Waals surface area (Å²) in [4.78, 5) is 11.1. The number of rotatable bonds is 8. The van der Waals surface area contributed by atoms with Crippen molar-refractivity contribution in [1.82, 2.24) is 4.72 Å². The minimum atomic E-state index is -3.54. The van der Waals surface area contributed by atoms with E-state index >= 15 is 0 Å². The van der Waals surface area contributed by atoms with Crippen molar-refractivity contribution in [3.8, 4) is 0 Å². The lowest BCUT2D eigenvalue weighted by atomic mass is 9.98. The van der Waals surface area contributed by atoms with Crippen molar-refractivity contribution in [2.24, 2.45) is 11.8 Å². The van der Waals surface area contributed by atoms with Crippen LogP contribution in [0.3, 0.4) is 0 Å². The van der Waals surface area contributed by atoms with Gasteiger partial charge in [0, 0.05) is 11.0 Å². The summed E-state index contributed by atoms with van der Waals surface area (Å²) in [7, 11) is -3.54. The number of aliphatic carboxylic acids is 1. The minimum Gasteiger partial charge on any atom is -0.481 e. The van der Waals surface area contributed by atoms with Crippen molar-refractivity contribution in [2.75, 3.05) is 6.54 Å². The molecule has 5 nitrogen and oxygen atoms in total. The van der Waals surface area contributed by atoms with Gasteiger partial charge in [0.1, 0.15) is 0 Å². The lowest BCUT2D eigenvalue weighted by Crippen LogP contribution is -2.34. The van der Waals surface area contributed by atoms with Crippen LogP contribution in [-0.2, 0) is 20.6 Å². The smallest absolute Gasteiger partial charge is 0.307 e. The first kappa shape index (κ1) is 18.1. The molecule has 0 radical (unpaired) electrons. The maximum absolute atomic E-state index is 12.0. The van der Waals surface area contributed by atoms with Gasteiger partial charge in [0.15, 0.2) is 0 Å². The molecule has 0 amide bonds. The van der Waals surface area contributed by atoms with Gasteiger partial charge < -0.3 is 5.11 Å². The first-order valence-electron chi connectivity index (χ1n) is 6.64. The lowest BCUT2D eigenvalue weighted by Gasteiger charge is -2.15. The van der Waals surface area contributed by atoms with Crippen LogP contribution < -0.4 is 4.72 Å². The Bertz CT molecular complexity index is 569. The Labute approximate surface area is 133 Å². The van der Waals surface area contributed by atoms with Gasteiger partial charge in [-0.1, -0.05) is 41.9 Å². The van der Waals surface area contributed by atoms with E-state index in [2.05, 4.69) is 20.7 Å². The first-order chi connectivity index (χ1) is 9.69. The average Bonchev–Trinajstić information content (AvgIpc) is 2.36. The molecule has 1 atom stereocenters. The second-order valence-corrected chi connectivity index (χ2v) is 8.12. The summed E-state index contributed by atoms with van der Waals surface area (Å²) in [5.41, 5.74) is 0.654. The first-order valence-corrected chi connectivity index (χ1v) is 9.08. The third-order valence-electron chi connectivity index (χ3n) is 2.92. The Kier molecular flexibility index (Phi) is 6.83. The molecule has 0 aromatic heterocycles. The van der Waals surface area contributed by atoms with Crippen molar-refractivity contribution in [2.45, 2.75) is 26.0 Å². The van der Waals surface area contributed by atoms with Crippen molar-refractivity contribution in [1.29, 1.82) is 0 Å². The van der Waals surface area contributed by atoms with Crippen LogP contribution in [0.4, 0.5) is 0 Å². The standard InChI is InChI=1S/C14H20BrNO4S/c1-10(2)7-12(14(17)18)8-16-21(19,20)9-11-3-5-13(15)6-4-11/h3-6,10,12,16H,7-9H2,1-2H3,(H,17,18). The van der Waals surface area contributed by atoms with Crippen LogP contribution in [0.2, 0.25) is 0 Å². The molecule has 0 aliphatic carbocycles. The second kappa shape index (κ2) is 7.91. The molecule has 0 heterocycles. The topological polar surface area (TPSA) is 83.5 Å². The molecule has 118 valence electrons. The molecule has 0 fully saturated rings. The van der Waals surface area contributed by atoms with E-state index in [0.717, 1.165) is 4.47 Å². The molecule has 2 N–H and O–H groups in total. The number of carbonyl (C=O) groups is 1. The number of sulfonamides is 1. The van der Waals surface area contributed by atoms with Crippen LogP contribution >= 0.6 is 15.9 Å². The summed E-state index contributed by atoms with van der Waals surface area (Å²) in [6, 6.07) is 6.96. The van der Waals surface area contributed by atoms with E-state index in [9.17, 15) is 13.2 Å². The molecule has 0 spiro atoms. The molecule has 1 unspecified atom stereocenters. The summed E-state index contributed by atoms with van der Waals surface area (Å²) in [5.74, 6) is -1.64. The maximum Gasteiger partial charge on any atom is 0.307 e. The Morgan fingerprint density at radius 3 is 2.33 bits per heavy atom. The van der Waals surface area contributed by atoms with Crippen LogP contribution in [0.15, 0.2) is 28.7 Å². The highest BCUT2D eigenvalue weighted by molar-refractivity contribution is 9.10. The zero-order valence-corrected chi connectivity index (χ0v) is 14.4. The molecule has 21 heavy (non-hydrogen) atoms. The summed E-state index contributed by atoms with van der Waals surface area (Å²) in [5, 5.41) is 9.10. The van der Waals surface area contributed by atoms with Crippen LogP contribution in [-0.4, -0.2) is 26.0 Å². The van der Waals surface area contributed by atoms with Crippen LogP contribution in [0.25, 0.3) is 0 Å². The van der Waals surface area contributed by atoms with Gasteiger partial charge >= 0.3 is 5.97 Å². The fraction of sp³-hybridized carbons (Fsp3) is 0.500. The largest absolute Gasteiger partial charge is 0.481 e. The van der Waals surface area contributed by atoms with E-state index in [4.69, 9.17) is 5.11 Å². The van der Waals surface area contributed by atoms with E-state index in [1.165, 1.54) is 0 Å². The Morgan fingerprint density at radius 1 is 1.29 bits per heavy atom. The molecule has 1 aromatic carbocycles. The molecule has 7 heteroatoms. The fourth-order valence-corrected chi connectivity index (χ4v) is 3.37. The van der Waals surface area contributed by atoms with Gasteiger partial charge in [-0.25, -0.2) is 13.1 Å². The minimum absolute atomic E-state index is 0.0770. The molecule has 0 aliphatic heterocycles. The van der Waals surface area contributed by atoms with Gasteiger partial charge in [-0.3, -0.25) is 4.79 Å².